The van der Waals surface area contributed by atoms with Gasteiger partial charge < -0.3 is 10.2 Å². The zero-order valence-electron chi connectivity index (χ0n) is 19.2. The number of nitrogens with one attached hydrogen (secondary N) is 2. The van der Waals surface area contributed by atoms with Crippen LogP contribution in [0.5, 0.6) is 0 Å². The number of carbonyl (C=O) groups is 2. The van der Waals surface area contributed by atoms with E-state index in [0.29, 0.717) is 16.8 Å². The van der Waals surface area contributed by atoms with Crippen molar-refractivity contribution in [1.82, 2.24) is 25.6 Å². The molecule has 0 bridgehead atoms. The lowest BCUT2D eigenvalue weighted by molar-refractivity contribution is -0.138. The first-order valence-corrected chi connectivity index (χ1v) is 11.9. The minimum Gasteiger partial charge on any atom is -0.343 e. The first-order chi connectivity index (χ1) is 17.0. The molecule has 2 aliphatic rings. The van der Waals surface area contributed by atoms with Gasteiger partial charge in [0.05, 0.1) is 30.9 Å². The van der Waals surface area contributed by atoms with E-state index in [2.05, 4.69) is 20.7 Å². The number of aromatic nitrogens is 3. The molecule has 1 aliphatic heterocycles. The standard InChI is InChI=1S/C26H27F2N5O2/c27-19-12-23(33(15-19)24(34)13-20-14-29-32-31-20)26(35)30-25(17-5-2-1-3-6-17)18-9-10-21(22(28)11-18)16-7-4-8-16/h1-3,5-6,9-11,14,16,19,23,25H,4,7-8,12-13,15H2,(H,30,35)(H,29,31,32). The van der Waals surface area contributed by atoms with Crippen molar-refractivity contribution in [2.45, 2.75) is 56.3 Å². The van der Waals surface area contributed by atoms with Gasteiger partial charge in [-0.2, -0.15) is 0 Å². The highest BCUT2D eigenvalue weighted by atomic mass is 19.1. The summed E-state index contributed by atoms with van der Waals surface area (Å²) in [6.07, 6.45) is 3.05. The Morgan fingerprint density at radius 3 is 2.60 bits per heavy atom. The van der Waals surface area contributed by atoms with Crippen molar-refractivity contribution in [3.63, 3.8) is 0 Å². The topological polar surface area (TPSA) is 91.0 Å². The molecule has 1 saturated heterocycles. The Balaban J connectivity index is 1.38. The molecule has 1 saturated carbocycles. The molecule has 1 aliphatic carbocycles. The largest absolute Gasteiger partial charge is 0.343 e. The average Bonchev–Trinajstić information content (AvgIpc) is 3.47. The van der Waals surface area contributed by atoms with Crippen LogP contribution in [0.1, 0.15) is 60.0 Å². The third-order valence-electron chi connectivity index (χ3n) is 7.00. The number of amides is 2. The van der Waals surface area contributed by atoms with Gasteiger partial charge in [-0.15, -0.1) is 5.10 Å². The molecule has 2 N–H and O–H groups in total. The molecule has 2 heterocycles. The van der Waals surface area contributed by atoms with Crippen LogP contribution in [0.2, 0.25) is 0 Å². The average molecular weight is 480 g/mol. The van der Waals surface area contributed by atoms with Crippen LogP contribution in [-0.4, -0.2) is 50.9 Å². The fourth-order valence-corrected chi connectivity index (χ4v) is 4.90. The van der Waals surface area contributed by atoms with Gasteiger partial charge in [-0.25, -0.2) is 8.78 Å². The van der Waals surface area contributed by atoms with Crippen LogP contribution in [0.4, 0.5) is 8.78 Å². The summed E-state index contributed by atoms with van der Waals surface area (Å²) < 4.78 is 29.4. The highest BCUT2D eigenvalue weighted by Crippen LogP contribution is 2.38. The molecular formula is C26H27F2N5O2. The summed E-state index contributed by atoms with van der Waals surface area (Å²) >= 11 is 0. The fraction of sp³-hybridized carbons (Fsp3) is 0.385. The van der Waals surface area contributed by atoms with Crippen molar-refractivity contribution < 1.29 is 18.4 Å². The predicted molar refractivity (Wildman–Crippen MR) is 125 cm³/mol. The van der Waals surface area contributed by atoms with Crippen molar-refractivity contribution in [3.8, 4) is 0 Å². The van der Waals surface area contributed by atoms with Gasteiger partial charge in [0.15, 0.2) is 0 Å². The number of H-pyrrole nitrogens is 1. The number of hydrogen-bond donors (Lipinski definition) is 2. The molecule has 2 amide bonds. The van der Waals surface area contributed by atoms with Gasteiger partial charge in [-0.1, -0.05) is 54.1 Å². The van der Waals surface area contributed by atoms with Crippen LogP contribution in [0, 0.1) is 5.82 Å². The molecule has 3 unspecified atom stereocenters. The third-order valence-corrected chi connectivity index (χ3v) is 7.00. The van der Waals surface area contributed by atoms with Gasteiger partial charge in [0, 0.05) is 6.42 Å². The van der Waals surface area contributed by atoms with E-state index in [-0.39, 0.29) is 37.0 Å². The van der Waals surface area contributed by atoms with Crippen LogP contribution in [-0.2, 0) is 16.0 Å². The van der Waals surface area contributed by atoms with Crippen LogP contribution >= 0.6 is 0 Å². The lowest BCUT2D eigenvalue weighted by atomic mass is 9.79. The zero-order chi connectivity index (χ0) is 24.4. The Hall–Kier alpha value is -3.62. The molecule has 3 atom stereocenters. The number of halogens is 2. The molecule has 2 fully saturated rings. The number of benzene rings is 2. The van der Waals surface area contributed by atoms with Gasteiger partial charge >= 0.3 is 0 Å². The van der Waals surface area contributed by atoms with Crippen LogP contribution in [0.3, 0.4) is 0 Å². The molecule has 1 aromatic heterocycles. The second-order valence-electron chi connectivity index (χ2n) is 9.31. The molecule has 35 heavy (non-hydrogen) atoms. The van der Waals surface area contributed by atoms with Gasteiger partial charge in [0.2, 0.25) is 11.8 Å². The summed E-state index contributed by atoms with van der Waals surface area (Å²) in [5.41, 5.74) is 2.56. The maximum Gasteiger partial charge on any atom is 0.243 e. The Morgan fingerprint density at radius 2 is 1.94 bits per heavy atom. The van der Waals surface area contributed by atoms with E-state index in [1.807, 2.05) is 36.4 Å². The van der Waals surface area contributed by atoms with Crippen molar-refractivity contribution in [3.05, 3.63) is 82.9 Å². The van der Waals surface area contributed by atoms with E-state index < -0.39 is 24.2 Å². The quantitative estimate of drug-likeness (QED) is 0.542. The van der Waals surface area contributed by atoms with Crippen LogP contribution in [0.25, 0.3) is 0 Å². The van der Waals surface area contributed by atoms with Crippen LogP contribution < -0.4 is 5.32 Å². The highest BCUT2D eigenvalue weighted by Gasteiger charge is 2.40. The lowest BCUT2D eigenvalue weighted by Gasteiger charge is -2.28. The highest BCUT2D eigenvalue weighted by molar-refractivity contribution is 5.89. The molecule has 2 aromatic carbocycles. The van der Waals surface area contributed by atoms with E-state index in [1.165, 1.54) is 17.2 Å². The maximum atomic E-state index is 15.0. The SMILES string of the molecule is O=C(NC(c1ccccc1)c1ccc(C2CCC2)c(F)c1)C1CC(F)CN1C(=O)Cc1cnn[nH]1. The van der Waals surface area contributed by atoms with E-state index in [9.17, 15) is 14.0 Å². The fourth-order valence-electron chi connectivity index (χ4n) is 4.90. The molecule has 9 heteroatoms. The number of alkyl halides is 1. The summed E-state index contributed by atoms with van der Waals surface area (Å²) in [6, 6.07) is 12.8. The van der Waals surface area contributed by atoms with Gasteiger partial charge in [0.1, 0.15) is 18.0 Å². The third kappa shape index (κ3) is 4.94. The number of nitrogens with zero attached hydrogens (tertiary/aromatic N) is 3. The van der Waals surface area contributed by atoms with Gasteiger partial charge in [-0.05, 0) is 41.5 Å². The van der Waals surface area contributed by atoms with Crippen molar-refractivity contribution in [1.29, 1.82) is 0 Å². The summed E-state index contributed by atoms with van der Waals surface area (Å²) in [4.78, 5) is 27.5. The summed E-state index contributed by atoms with van der Waals surface area (Å²) in [6.45, 7) is -0.154. The molecule has 0 spiro atoms. The van der Waals surface area contributed by atoms with E-state index >= 15 is 4.39 Å². The first kappa shape index (κ1) is 23.1. The monoisotopic (exact) mass is 479 g/mol. The van der Waals surface area contributed by atoms with Crippen molar-refractivity contribution in [2.75, 3.05) is 6.54 Å². The summed E-state index contributed by atoms with van der Waals surface area (Å²) in [7, 11) is 0. The number of aromatic amines is 1. The second kappa shape index (κ2) is 9.93. The van der Waals surface area contributed by atoms with E-state index in [1.54, 1.807) is 6.07 Å². The molecule has 3 aromatic rings. The summed E-state index contributed by atoms with van der Waals surface area (Å²) in [5.74, 6) is -0.891. The Morgan fingerprint density at radius 1 is 1.14 bits per heavy atom. The number of likely N-dealkylation sites (tertiary alicyclic amines) is 1. The first-order valence-electron chi connectivity index (χ1n) is 11.9. The lowest BCUT2D eigenvalue weighted by Crippen LogP contribution is -2.47. The van der Waals surface area contributed by atoms with E-state index in [0.717, 1.165) is 24.8 Å². The minimum absolute atomic E-state index is 0.0561. The minimum atomic E-state index is -1.30. The molecule has 0 radical (unpaired) electrons. The van der Waals surface area contributed by atoms with Gasteiger partial charge in [-0.3, -0.25) is 14.7 Å². The second-order valence-corrected chi connectivity index (χ2v) is 9.31. The summed E-state index contributed by atoms with van der Waals surface area (Å²) in [5, 5.41) is 12.8. The molecular weight excluding hydrogens is 452 g/mol. The van der Waals surface area contributed by atoms with Crippen molar-refractivity contribution in [2.24, 2.45) is 0 Å². The zero-order valence-corrected chi connectivity index (χ0v) is 19.2. The smallest absolute Gasteiger partial charge is 0.243 e. The normalized spacial score (nSPS) is 20.9. The Labute approximate surface area is 201 Å². The van der Waals surface area contributed by atoms with Gasteiger partial charge in [0.25, 0.3) is 0 Å². The van der Waals surface area contributed by atoms with Crippen molar-refractivity contribution >= 4 is 11.8 Å². The molecule has 5 rings (SSSR count). The Bertz CT molecular complexity index is 1180. The number of carbonyl (C=O) groups excluding carboxylic acids is 2. The predicted octanol–water partition coefficient (Wildman–Crippen LogP) is 3.60. The molecule has 182 valence electrons. The number of rotatable bonds is 7. The van der Waals surface area contributed by atoms with Crippen LogP contribution in [0.15, 0.2) is 54.7 Å². The van der Waals surface area contributed by atoms with E-state index in [4.69, 9.17) is 0 Å². The number of hydrogen-bond acceptors (Lipinski definition) is 4. The molecule has 7 nitrogen and oxygen atoms in total. The maximum absolute atomic E-state index is 15.0. The Kier molecular flexibility index (Phi) is 6.57.